The Bertz CT molecular complexity index is 724. The fraction of sp³-hybridized carbons (Fsp3) is 0.0714. The molecule has 3 rings (SSSR count). The molecule has 0 bridgehead atoms. The maximum Gasteiger partial charge on any atom is 0.242 e. The number of imidazole rings is 1. The van der Waals surface area contributed by atoms with E-state index in [1.165, 1.54) is 0 Å². The normalized spacial score (nSPS) is 10.8. The number of benzene rings is 1. The number of para-hydroxylation sites is 1. The Hall–Kier alpha value is -1.71. The van der Waals surface area contributed by atoms with E-state index in [0.717, 1.165) is 11.3 Å². The summed E-state index contributed by atoms with van der Waals surface area (Å²) in [4.78, 5) is 4.42. The highest BCUT2D eigenvalue weighted by atomic mass is 35.5. The molecule has 0 aliphatic carbocycles. The van der Waals surface area contributed by atoms with Crippen LogP contribution in [-0.2, 0) is 5.88 Å². The SMILES string of the molecule is ClCc1c(Oc2ccccc2Cl)nc2ccccn12. The maximum absolute atomic E-state index is 6.08. The molecule has 19 heavy (non-hydrogen) atoms. The summed E-state index contributed by atoms with van der Waals surface area (Å²) < 4.78 is 7.67. The van der Waals surface area contributed by atoms with Crippen molar-refractivity contribution < 1.29 is 4.74 Å². The third kappa shape index (κ3) is 2.27. The fourth-order valence-corrected chi connectivity index (χ4v) is 2.28. The zero-order chi connectivity index (χ0) is 13.2. The molecule has 0 aliphatic rings. The molecule has 2 aromatic heterocycles. The molecule has 0 N–H and O–H groups in total. The predicted octanol–water partition coefficient (Wildman–Crippen LogP) is 4.52. The van der Waals surface area contributed by atoms with Crippen LogP contribution in [0.3, 0.4) is 0 Å². The van der Waals surface area contributed by atoms with E-state index >= 15 is 0 Å². The van der Waals surface area contributed by atoms with Crippen LogP contribution >= 0.6 is 23.2 Å². The topological polar surface area (TPSA) is 26.5 Å². The lowest BCUT2D eigenvalue weighted by atomic mass is 10.3. The average molecular weight is 293 g/mol. The second-order valence-corrected chi connectivity index (χ2v) is 4.63. The fourth-order valence-electron chi connectivity index (χ4n) is 1.86. The number of nitrogens with zero attached hydrogens (tertiary/aromatic N) is 2. The summed E-state index contributed by atoms with van der Waals surface area (Å²) >= 11 is 12.1. The number of rotatable bonds is 3. The van der Waals surface area contributed by atoms with Crippen molar-refractivity contribution in [2.75, 3.05) is 0 Å². The summed E-state index contributed by atoms with van der Waals surface area (Å²) in [5.41, 5.74) is 1.59. The van der Waals surface area contributed by atoms with Crippen molar-refractivity contribution in [2.24, 2.45) is 0 Å². The molecule has 96 valence electrons. The van der Waals surface area contributed by atoms with Crippen LogP contribution in [0.1, 0.15) is 5.69 Å². The highest BCUT2D eigenvalue weighted by Crippen LogP contribution is 2.31. The Labute approximate surface area is 120 Å². The molecule has 0 atom stereocenters. The maximum atomic E-state index is 6.08. The summed E-state index contributed by atoms with van der Waals surface area (Å²) in [7, 11) is 0. The first-order valence-corrected chi connectivity index (χ1v) is 6.65. The molecule has 0 fully saturated rings. The van der Waals surface area contributed by atoms with Gasteiger partial charge in [0.1, 0.15) is 17.1 Å². The van der Waals surface area contributed by atoms with Gasteiger partial charge in [-0.15, -0.1) is 11.6 Å². The molecule has 0 saturated carbocycles. The second kappa shape index (κ2) is 5.11. The molecule has 2 heterocycles. The zero-order valence-electron chi connectivity index (χ0n) is 9.88. The van der Waals surface area contributed by atoms with Crippen molar-refractivity contribution in [1.82, 2.24) is 9.38 Å². The number of hydrogen-bond acceptors (Lipinski definition) is 2. The Kier molecular flexibility index (Phi) is 3.32. The Morgan fingerprint density at radius 1 is 1.11 bits per heavy atom. The lowest BCUT2D eigenvalue weighted by molar-refractivity contribution is 0.462. The van der Waals surface area contributed by atoms with Gasteiger partial charge in [-0.3, -0.25) is 4.40 Å². The summed E-state index contributed by atoms with van der Waals surface area (Å²) in [6.45, 7) is 0. The number of halogens is 2. The molecule has 5 heteroatoms. The summed E-state index contributed by atoms with van der Waals surface area (Å²) in [5, 5.41) is 0.542. The average Bonchev–Trinajstić information content (AvgIpc) is 2.78. The van der Waals surface area contributed by atoms with Crippen molar-refractivity contribution >= 4 is 28.8 Å². The first kappa shape index (κ1) is 12.3. The van der Waals surface area contributed by atoms with Crippen LogP contribution in [-0.4, -0.2) is 9.38 Å². The lowest BCUT2D eigenvalue weighted by Crippen LogP contribution is -1.92. The molecule has 0 unspecified atom stereocenters. The van der Waals surface area contributed by atoms with Crippen LogP contribution in [0.25, 0.3) is 5.65 Å². The lowest BCUT2D eigenvalue weighted by Gasteiger charge is -2.05. The Morgan fingerprint density at radius 3 is 2.68 bits per heavy atom. The molecule has 0 saturated heterocycles. The summed E-state index contributed by atoms with van der Waals surface area (Å²) in [6.07, 6.45) is 1.90. The van der Waals surface area contributed by atoms with E-state index in [9.17, 15) is 0 Å². The van der Waals surface area contributed by atoms with E-state index in [0.29, 0.717) is 22.5 Å². The molecule has 3 nitrogen and oxygen atoms in total. The highest BCUT2D eigenvalue weighted by Gasteiger charge is 2.14. The van der Waals surface area contributed by atoms with Gasteiger partial charge in [0, 0.05) is 6.20 Å². The van der Waals surface area contributed by atoms with E-state index in [2.05, 4.69) is 4.98 Å². The molecule has 0 spiro atoms. The van der Waals surface area contributed by atoms with Crippen molar-refractivity contribution in [3.63, 3.8) is 0 Å². The van der Waals surface area contributed by atoms with Crippen molar-refractivity contribution in [3.05, 3.63) is 59.4 Å². The monoisotopic (exact) mass is 292 g/mol. The van der Waals surface area contributed by atoms with Gasteiger partial charge in [-0.05, 0) is 24.3 Å². The van der Waals surface area contributed by atoms with Crippen molar-refractivity contribution in [2.45, 2.75) is 5.88 Å². The van der Waals surface area contributed by atoms with Gasteiger partial charge in [-0.25, -0.2) is 0 Å². The highest BCUT2D eigenvalue weighted by molar-refractivity contribution is 6.32. The first-order chi connectivity index (χ1) is 9.29. The molecule has 0 amide bonds. The van der Waals surface area contributed by atoms with E-state index < -0.39 is 0 Å². The third-order valence-electron chi connectivity index (χ3n) is 2.76. The predicted molar refractivity (Wildman–Crippen MR) is 76.3 cm³/mol. The third-order valence-corrected chi connectivity index (χ3v) is 3.33. The van der Waals surface area contributed by atoms with E-state index in [4.69, 9.17) is 27.9 Å². The molecular weight excluding hydrogens is 283 g/mol. The van der Waals surface area contributed by atoms with Gasteiger partial charge >= 0.3 is 0 Å². The summed E-state index contributed by atoms with van der Waals surface area (Å²) in [6, 6.07) is 13.0. The number of fused-ring (bicyclic) bond motifs is 1. The van der Waals surface area contributed by atoms with E-state index in [-0.39, 0.29) is 0 Å². The molecular formula is C14H10Cl2N2O. The second-order valence-electron chi connectivity index (χ2n) is 3.96. The van der Waals surface area contributed by atoms with Gasteiger partial charge in [-0.2, -0.15) is 4.98 Å². The number of alkyl halides is 1. The largest absolute Gasteiger partial charge is 0.436 e. The van der Waals surface area contributed by atoms with Gasteiger partial charge in [0.15, 0.2) is 0 Å². The quantitative estimate of drug-likeness (QED) is 0.664. The van der Waals surface area contributed by atoms with Gasteiger partial charge in [-0.1, -0.05) is 29.8 Å². The van der Waals surface area contributed by atoms with Crippen LogP contribution in [0.15, 0.2) is 48.7 Å². The number of ether oxygens (including phenoxy) is 1. The van der Waals surface area contributed by atoms with Gasteiger partial charge in [0.05, 0.1) is 10.9 Å². The minimum absolute atomic E-state index is 0.310. The Balaban J connectivity index is 2.08. The van der Waals surface area contributed by atoms with Crippen LogP contribution in [0.2, 0.25) is 5.02 Å². The molecule has 3 aromatic rings. The smallest absolute Gasteiger partial charge is 0.242 e. The van der Waals surface area contributed by atoms with Gasteiger partial charge in [0.2, 0.25) is 5.88 Å². The van der Waals surface area contributed by atoms with Crippen molar-refractivity contribution in [1.29, 1.82) is 0 Å². The van der Waals surface area contributed by atoms with Crippen LogP contribution in [0, 0.1) is 0 Å². The molecule has 0 radical (unpaired) electrons. The van der Waals surface area contributed by atoms with E-state index in [1.54, 1.807) is 12.1 Å². The van der Waals surface area contributed by atoms with Gasteiger partial charge < -0.3 is 4.74 Å². The van der Waals surface area contributed by atoms with Crippen LogP contribution < -0.4 is 4.74 Å². The van der Waals surface area contributed by atoms with E-state index in [1.807, 2.05) is 40.9 Å². The van der Waals surface area contributed by atoms with Crippen molar-refractivity contribution in [3.8, 4) is 11.6 Å². The number of aromatic nitrogens is 2. The number of pyridine rings is 1. The minimum Gasteiger partial charge on any atom is -0.436 e. The number of hydrogen-bond donors (Lipinski definition) is 0. The Morgan fingerprint density at radius 2 is 1.89 bits per heavy atom. The zero-order valence-corrected chi connectivity index (χ0v) is 11.4. The standard InChI is InChI=1S/C14H10Cl2N2O/c15-9-11-14(17-13-7-3-4-8-18(11)13)19-12-6-2-1-5-10(12)16/h1-8H,9H2. The molecule has 1 aromatic carbocycles. The summed E-state index contributed by atoms with van der Waals surface area (Å²) in [5.74, 6) is 1.36. The minimum atomic E-state index is 0.310. The van der Waals surface area contributed by atoms with Crippen LogP contribution in [0.5, 0.6) is 11.6 Å². The van der Waals surface area contributed by atoms with Gasteiger partial charge in [0.25, 0.3) is 0 Å². The molecule has 0 aliphatic heterocycles. The first-order valence-electron chi connectivity index (χ1n) is 5.74. The van der Waals surface area contributed by atoms with Crippen LogP contribution in [0.4, 0.5) is 0 Å².